The fraction of sp³-hybridized carbons (Fsp3) is 0.450. The van der Waals surface area contributed by atoms with Gasteiger partial charge in [0, 0.05) is 13.1 Å². The number of hydrogen-bond acceptors (Lipinski definition) is 6. The lowest BCUT2D eigenvalue weighted by Gasteiger charge is -2.44. The summed E-state index contributed by atoms with van der Waals surface area (Å²) in [7, 11) is 0. The van der Waals surface area contributed by atoms with E-state index < -0.39 is 23.5 Å². The van der Waals surface area contributed by atoms with Crippen LogP contribution in [0.5, 0.6) is 0 Å². The molecule has 3 atom stereocenters. The quantitative estimate of drug-likeness (QED) is 0.155. The molecule has 1 heterocycles. The fourth-order valence-electron chi connectivity index (χ4n) is 6.45. The maximum Gasteiger partial charge on any atom is 0.252 e. The van der Waals surface area contributed by atoms with Crippen LogP contribution in [0.2, 0.25) is 5.02 Å². The average molecular weight is 716 g/mol. The first kappa shape index (κ1) is 38.0. The molecule has 3 aromatic rings. The van der Waals surface area contributed by atoms with E-state index in [0.29, 0.717) is 30.0 Å². The summed E-state index contributed by atoms with van der Waals surface area (Å²) in [6, 6.07) is 22.7. The van der Waals surface area contributed by atoms with Crippen molar-refractivity contribution < 1.29 is 23.9 Å². The van der Waals surface area contributed by atoms with Gasteiger partial charge in [-0.15, -0.1) is 0 Å². The van der Waals surface area contributed by atoms with E-state index >= 15 is 0 Å². The summed E-state index contributed by atoms with van der Waals surface area (Å²) in [6.07, 6.45) is 3.48. The molecule has 3 aromatic carbocycles. The molecule has 51 heavy (non-hydrogen) atoms. The molecule has 0 aromatic heterocycles. The van der Waals surface area contributed by atoms with Crippen molar-refractivity contribution in [2.75, 3.05) is 26.3 Å². The van der Waals surface area contributed by atoms with Crippen LogP contribution >= 0.6 is 11.6 Å². The Hall–Kier alpha value is -4.25. The third kappa shape index (κ3) is 10.9. The lowest BCUT2D eigenvalue weighted by Crippen LogP contribution is -2.70. The van der Waals surface area contributed by atoms with Crippen molar-refractivity contribution in [3.63, 3.8) is 0 Å². The standard InChI is InChI=1S/C40H50ClN5O5/c1-39(2,3)23-42-35(47)22-34(46-40(25-51-26-40)24-43-36(48)30-17-9-10-18-31(30)41)38(50)45-33(21-20-27-12-5-4-6-13-27)37(49)44-32-19-11-15-28-14-7-8-16-29(28)32/h4-10,12-14,16-18,32-34,46H,11,15,19-26H2,1-3H3,(H,42,47)(H,43,48)(H,44,49)(H,45,50)/t32-,33?,34?/m1/s1. The zero-order valence-electron chi connectivity index (χ0n) is 29.7. The minimum absolute atomic E-state index is 0.128. The summed E-state index contributed by atoms with van der Waals surface area (Å²) in [6.45, 7) is 7.01. The smallest absolute Gasteiger partial charge is 0.252 e. The maximum atomic E-state index is 14.2. The van der Waals surface area contributed by atoms with Gasteiger partial charge < -0.3 is 26.0 Å². The van der Waals surface area contributed by atoms with Gasteiger partial charge in [-0.05, 0) is 66.3 Å². The van der Waals surface area contributed by atoms with Crippen molar-refractivity contribution >= 4 is 35.2 Å². The van der Waals surface area contributed by atoms with Crippen LogP contribution in [-0.2, 0) is 32.0 Å². The third-order valence-corrected chi connectivity index (χ3v) is 9.68. The van der Waals surface area contributed by atoms with Crippen molar-refractivity contribution in [2.45, 2.75) is 83.0 Å². The maximum absolute atomic E-state index is 14.2. The number of benzene rings is 3. The molecule has 1 aliphatic carbocycles. The van der Waals surface area contributed by atoms with E-state index in [1.165, 1.54) is 5.56 Å². The van der Waals surface area contributed by atoms with Crippen LogP contribution in [0.15, 0.2) is 78.9 Å². The molecule has 2 unspecified atom stereocenters. The number of carbonyl (C=O) groups is 4. The minimum Gasteiger partial charge on any atom is -0.377 e. The summed E-state index contributed by atoms with van der Waals surface area (Å²) in [4.78, 5) is 54.6. The molecule has 2 aliphatic rings. The second-order valence-electron chi connectivity index (χ2n) is 14.9. The number of rotatable bonds is 15. The van der Waals surface area contributed by atoms with Gasteiger partial charge in [-0.2, -0.15) is 0 Å². The first-order chi connectivity index (χ1) is 24.4. The molecule has 0 saturated carbocycles. The molecular formula is C40H50ClN5O5. The van der Waals surface area contributed by atoms with Gasteiger partial charge in [0.1, 0.15) is 6.04 Å². The minimum atomic E-state index is -1.02. The number of hydrogen-bond donors (Lipinski definition) is 5. The molecule has 11 heteroatoms. The van der Waals surface area contributed by atoms with Gasteiger partial charge in [0.05, 0.1) is 47.8 Å². The number of halogens is 1. The fourth-order valence-corrected chi connectivity index (χ4v) is 6.67. The highest BCUT2D eigenvalue weighted by atomic mass is 35.5. The molecule has 1 saturated heterocycles. The predicted octanol–water partition coefficient (Wildman–Crippen LogP) is 4.66. The van der Waals surface area contributed by atoms with Crippen LogP contribution in [0.4, 0.5) is 0 Å². The Labute approximate surface area is 305 Å². The Morgan fingerprint density at radius 3 is 2.29 bits per heavy atom. The predicted molar refractivity (Wildman–Crippen MR) is 198 cm³/mol. The van der Waals surface area contributed by atoms with E-state index in [1.807, 2.05) is 63.2 Å². The number of amides is 4. The molecule has 272 valence electrons. The van der Waals surface area contributed by atoms with Crippen molar-refractivity contribution in [2.24, 2.45) is 5.41 Å². The second kappa shape index (κ2) is 17.3. The second-order valence-corrected chi connectivity index (χ2v) is 15.3. The van der Waals surface area contributed by atoms with E-state index in [4.69, 9.17) is 16.3 Å². The van der Waals surface area contributed by atoms with Crippen LogP contribution in [0.1, 0.15) is 79.5 Å². The highest BCUT2D eigenvalue weighted by molar-refractivity contribution is 6.33. The normalized spacial score (nSPS) is 17.5. The van der Waals surface area contributed by atoms with Gasteiger partial charge in [-0.3, -0.25) is 24.5 Å². The van der Waals surface area contributed by atoms with Crippen LogP contribution in [0.25, 0.3) is 0 Å². The van der Waals surface area contributed by atoms with Crippen LogP contribution < -0.4 is 26.6 Å². The highest BCUT2D eigenvalue weighted by Gasteiger charge is 2.43. The van der Waals surface area contributed by atoms with Gasteiger partial charge in [0.15, 0.2) is 0 Å². The lowest BCUT2D eigenvalue weighted by atomic mass is 9.87. The summed E-state index contributed by atoms with van der Waals surface area (Å²) in [5, 5.41) is 15.8. The number of ether oxygens (including phenoxy) is 1. The number of nitrogens with one attached hydrogen (secondary N) is 5. The molecule has 0 radical (unpaired) electrons. The van der Waals surface area contributed by atoms with Crippen molar-refractivity contribution in [1.82, 2.24) is 26.6 Å². The van der Waals surface area contributed by atoms with E-state index in [0.717, 1.165) is 30.4 Å². The molecule has 0 spiro atoms. The van der Waals surface area contributed by atoms with E-state index in [9.17, 15) is 19.2 Å². The Bertz CT molecular complexity index is 1670. The van der Waals surface area contributed by atoms with Gasteiger partial charge in [0.25, 0.3) is 5.91 Å². The van der Waals surface area contributed by atoms with Crippen molar-refractivity contribution in [1.29, 1.82) is 0 Å². The van der Waals surface area contributed by atoms with Crippen LogP contribution in [-0.4, -0.2) is 67.6 Å². The van der Waals surface area contributed by atoms with Crippen LogP contribution in [0.3, 0.4) is 0 Å². The topological polar surface area (TPSA) is 138 Å². The van der Waals surface area contributed by atoms with E-state index in [-0.39, 0.29) is 55.4 Å². The summed E-state index contributed by atoms with van der Waals surface area (Å²) in [5.41, 5.74) is 2.72. The lowest BCUT2D eigenvalue weighted by molar-refractivity contribution is -0.135. The van der Waals surface area contributed by atoms with E-state index in [1.54, 1.807) is 24.3 Å². The zero-order valence-corrected chi connectivity index (χ0v) is 30.5. The molecule has 5 rings (SSSR count). The Morgan fingerprint density at radius 2 is 1.59 bits per heavy atom. The zero-order chi connectivity index (χ0) is 36.4. The molecular weight excluding hydrogens is 666 g/mol. The largest absolute Gasteiger partial charge is 0.377 e. The van der Waals surface area contributed by atoms with Crippen LogP contribution in [0, 0.1) is 5.41 Å². The number of carbonyl (C=O) groups excluding carboxylic acids is 4. The van der Waals surface area contributed by atoms with Gasteiger partial charge >= 0.3 is 0 Å². The Kier molecular flexibility index (Phi) is 12.9. The molecule has 0 bridgehead atoms. The van der Waals surface area contributed by atoms with E-state index in [2.05, 4.69) is 38.7 Å². The molecule has 10 nitrogen and oxygen atoms in total. The molecule has 4 amide bonds. The highest BCUT2D eigenvalue weighted by Crippen LogP contribution is 2.29. The molecule has 1 aliphatic heterocycles. The van der Waals surface area contributed by atoms with Crippen molar-refractivity contribution in [3.8, 4) is 0 Å². The van der Waals surface area contributed by atoms with Gasteiger partial charge in [-0.1, -0.05) is 99.1 Å². The SMILES string of the molecule is CC(C)(C)CNC(=O)CC(NC1(CNC(=O)c2ccccc2Cl)COC1)C(=O)NC(CCc1ccccc1)C(=O)N[C@@H]1CCCc2ccccc21. The Morgan fingerprint density at radius 1 is 0.882 bits per heavy atom. The van der Waals surface area contributed by atoms with Crippen molar-refractivity contribution in [3.05, 3.63) is 106 Å². The first-order valence-corrected chi connectivity index (χ1v) is 18.2. The summed E-state index contributed by atoms with van der Waals surface area (Å²) >= 11 is 6.26. The number of aryl methyl sites for hydroxylation is 2. The first-order valence-electron chi connectivity index (χ1n) is 17.8. The third-order valence-electron chi connectivity index (χ3n) is 9.35. The summed E-state index contributed by atoms with van der Waals surface area (Å²) in [5.74, 6) is -1.43. The Balaban J connectivity index is 1.34. The average Bonchev–Trinajstić information content (AvgIpc) is 3.10. The van der Waals surface area contributed by atoms with Gasteiger partial charge in [-0.25, -0.2) is 0 Å². The molecule has 1 fully saturated rings. The monoisotopic (exact) mass is 715 g/mol. The number of fused-ring (bicyclic) bond motifs is 1. The molecule has 5 N–H and O–H groups in total. The van der Waals surface area contributed by atoms with Gasteiger partial charge in [0.2, 0.25) is 17.7 Å². The summed E-state index contributed by atoms with van der Waals surface area (Å²) < 4.78 is 5.56.